The third kappa shape index (κ3) is 5.09. The van der Waals surface area contributed by atoms with E-state index >= 15 is 0 Å². The molecule has 0 amide bonds. The van der Waals surface area contributed by atoms with E-state index in [4.69, 9.17) is 18.6 Å². The summed E-state index contributed by atoms with van der Waals surface area (Å²) in [6.07, 6.45) is 1.62. The smallest absolute Gasteiger partial charge is 0.252 e. The number of hydrogen-bond acceptors (Lipinski definition) is 9. The normalized spacial score (nSPS) is 12.5. The van der Waals surface area contributed by atoms with Gasteiger partial charge in [-0.25, -0.2) is 4.68 Å². The van der Waals surface area contributed by atoms with Gasteiger partial charge in [0.2, 0.25) is 6.79 Å². The van der Waals surface area contributed by atoms with Gasteiger partial charge in [0.05, 0.1) is 19.4 Å². The third-order valence-electron chi connectivity index (χ3n) is 6.30. The topological polar surface area (TPSA) is 121 Å². The molecule has 0 saturated heterocycles. The summed E-state index contributed by atoms with van der Waals surface area (Å²) >= 11 is 0. The predicted octanol–water partition coefficient (Wildman–Crippen LogP) is 3.49. The van der Waals surface area contributed by atoms with Crippen molar-refractivity contribution >= 4 is 10.9 Å². The predicted molar refractivity (Wildman–Crippen MR) is 137 cm³/mol. The molecular weight excluding hydrogens is 488 g/mol. The highest BCUT2D eigenvalue weighted by molar-refractivity contribution is 5.80. The summed E-state index contributed by atoms with van der Waals surface area (Å²) in [5, 5.41) is 13.2. The van der Waals surface area contributed by atoms with Gasteiger partial charge in [0.15, 0.2) is 17.3 Å². The van der Waals surface area contributed by atoms with Crippen LogP contribution in [0.15, 0.2) is 70.1 Å². The van der Waals surface area contributed by atoms with Crippen LogP contribution < -0.4 is 19.8 Å². The van der Waals surface area contributed by atoms with Crippen molar-refractivity contribution < 1.29 is 18.6 Å². The fourth-order valence-corrected chi connectivity index (χ4v) is 4.52. The molecule has 1 N–H and O–H groups in total. The lowest BCUT2D eigenvalue weighted by molar-refractivity contribution is 0.174. The number of tetrazole rings is 1. The van der Waals surface area contributed by atoms with Crippen LogP contribution in [0.1, 0.15) is 29.6 Å². The monoisotopic (exact) mass is 514 g/mol. The van der Waals surface area contributed by atoms with Gasteiger partial charge in [-0.15, -0.1) is 5.10 Å². The molecule has 38 heavy (non-hydrogen) atoms. The second-order valence-electron chi connectivity index (χ2n) is 8.97. The van der Waals surface area contributed by atoms with Gasteiger partial charge in [0, 0.05) is 29.6 Å². The minimum atomic E-state index is -0.146. The van der Waals surface area contributed by atoms with Crippen LogP contribution in [0.5, 0.6) is 17.2 Å². The molecule has 1 aliphatic heterocycles. The van der Waals surface area contributed by atoms with Gasteiger partial charge < -0.3 is 23.6 Å². The van der Waals surface area contributed by atoms with Gasteiger partial charge in [-0.1, -0.05) is 6.07 Å². The third-order valence-corrected chi connectivity index (χ3v) is 6.30. The Balaban J connectivity index is 1.31. The molecule has 3 aromatic heterocycles. The Morgan fingerprint density at radius 1 is 1.05 bits per heavy atom. The van der Waals surface area contributed by atoms with Crippen molar-refractivity contribution in [2.45, 2.75) is 33.1 Å². The van der Waals surface area contributed by atoms with Gasteiger partial charge >= 0.3 is 0 Å². The molecule has 11 nitrogen and oxygen atoms in total. The highest BCUT2D eigenvalue weighted by Crippen LogP contribution is 2.33. The number of aromatic amines is 1. The molecule has 0 radical (unpaired) electrons. The number of benzene rings is 2. The van der Waals surface area contributed by atoms with E-state index in [1.54, 1.807) is 10.9 Å². The first-order valence-electron chi connectivity index (χ1n) is 12.3. The van der Waals surface area contributed by atoms with E-state index in [1.807, 2.05) is 61.5 Å². The maximum absolute atomic E-state index is 13.1. The molecule has 0 bridgehead atoms. The Morgan fingerprint density at radius 3 is 2.84 bits per heavy atom. The number of hydrogen-bond donors (Lipinski definition) is 1. The van der Waals surface area contributed by atoms with E-state index in [1.165, 1.54) is 0 Å². The summed E-state index contributed by atoms with van der Waals surface area (Å²) in [5.74, 6) is 3.58. The quantitative estimate of drug-likeness (QED) is 0.299. The van der Waals surface area contributed by atoms with Crippen molar-refractivity contribution in [2.75, 3.05) is 13.4 Å². The lowest BCUT2D eigenvalue weighted by Crippen LogP contribution is -2.28. The SMILES string of the molecule is CCOc1ccc2[nH]c(=O)c(CN(Cc3ccc4c(c3)OCO4)Cc3nnnn3Cc3ccco3)cc2c1. The second kappa shape index (κ2) is 10.4. The number of pyridine rings is 1. The van der Waals surface area contributed by atoms with Crippen molar-refractivity contribution in [2.24, 2.45) is 0 Å². The van der Waals surface area contributed by atoms with Gasteiger partial charge in [-0.3, -0.25) is 9.69 Å². The lowest BCUT2D eigenvalue weighted by Gasteiger charge is -2.22. The van der Waals surface area contributed by atoms with Gasteiger partial charge in [0.25, 0.3) is 5.56 Å². The summed E-state index contributed by atoms with van der Waals surface area (Å²) in [7, 11) is 0. The highest BCUT2D eigenvalue weighted by atomic mass is 16.7. The molecule has 6 rings (SSSR count). The molecule has 0 unspecified atom stereocenters. The van der Waals surface area contributed by atoms with Crippen LogP contribution >= 0.6 is 0 Å². The Labute approximate surface area is 217 Å². The van der Waals surface area contributed by atoms with E-state index < -0.39 is 0 Å². The van der Waals surface area contributed by atoms with E-state index in [2.05, 4.69) is 25.4 Å². The van der Waals surface area contributed by atoms with Crippen LogP contribution in [0.3, 0.4) is 0 Å². The number of H-pyrrole nitrogens is 1. The molecule has 11 heteroatoms. The first-order chi connectivity index (χ1) is 18.6. The Hall–Kier alpha value is -4.64. The van der Waals surface area contributed by atoms with Crippen molar-refractivity contribution in [3.63, 3.8) is 0 Å². The summed E-state index contributed by atoms with van der Waals surface area (Å²) < 4.78 is 23.8. The Morgan fingerprint density at radius 2 is 1.97 bits per heavy atom. The molecule has 0 saturated carbocycles. The van der Waals surface area contributed by atoms with Crippen molar-refractivity contribution in [3.05, 3.63) is 93.9 Å². The van der Waals surface area contributed by atoms with Crippen LogP contribution in [0, 0.1) is 0 Å². The first-order valence-corrected chi connectivity index (χ1v) is 12.3. The van der Waals surface area contributed by atoms with Crippen LogP contribution in [-0.2, 0) is 26.2 Å². The zero-order valence-corrected chi connectivity index (χ0v) is 20.8. The van der Waals surface area contributed by atoms with E-state index in [0.717, 1.165) is 33.7 Å². The number of aromatic nitrogens is 5. The molecular formula is C27H26N6O5. The molecule has 0 spiro atoms. The molecule has 1 aliphatic rings. The van der Waals surface area contributed by atoms with E-state index in [0.29, 0.717) is 49.9 Å². The maximum Gasteiger partial charge on any atom is 0.252 e. The number of furan rings is 1. The minimum absolute atomic E-state index is 0.146. The number of nitrogens with zero attached hydrogens (tertiary/aromatic N) is 5. The molecule has 0 atom stereocenters. The maximum atomic E-state index is 13.1. The zero-order chi connectivity index (χ0) is 25.9. The van der Waals surface area contributed by atoms with Crippen molar-refractivity contribution in [1.29, 1.82) is 0 Å². The average Bonchev–Trinajstić information content (AvgIpc) is 3.68. The second-order valence-corrected chi connectivity index (χ2v) is 8.97. The van der Waals surface area contributed by atoms with Gasteiger partial charge in [-0.05, 0) is 71.4 Å². The summed E-state index contributed by atoms with van der Waals surface area (Å²) in [6.45, 7) is 4.42. The number of nitrogens with one attached hydrogen (secondary N) is 1. The first kappa shape index (κ1) is 23.7. The number of ether oxygens (including phenoxy) is 3. The summed E-state index contributed by atoms with van der Waals surface area (Å²) in [6, 6.07) is 17.1. The molecule has 0 aliphatic carbocycles. The fraction of sp³-hybridized carbons (Fsp3) is 0.259. The number of rotatable bonds is 10. The molecule has 194 valence electrons. The fourth-order valence-electron chi connectivity index (χ4n) is 4.52. The Kier molecular flexibility index (Phi) is 6.49. The van der Waals surface area contributed by atoms with Crippen LogP contribution in [0.25, 0.3) is 10.9 Å². The summed E-state index contributed by atoms with van der Waals surface area (Å²) in [5.41, 5.74) is 2.24. The zero-order valence-electron chi connectivity index (χ0n) is 20.8. The average molecular weight is 515 g/mol. The minimum Gasteiger partial charge on any atom is -0.494 e. The molecule has 2 aromatic carbocycles. The van der Waals surface area contributed by atoms with Crippen molar-refractivity contribution in [1.82, 2.24) is 30.1 Å². The molecule has 5 aromatic rings. The van der Waals surface area contributed by atoms with Gasteiger partial charge in [-0.2, -0.15) is 0 Å². The lowest BCUT2D eigenvalue weighted by atomic mass is 10.1. The standard InChI is InChI=1S/C27H26N6O5/c1-2-35-21-6-7-23-19(12-21)11-20(27(34)28-23)14-32(13-18-5-8-24-25(10-18)38-17-37-24)16-26-29-30-31-33(26)15-22-4-3-9-36-22/h3-12H,2,13-17H2,1H3,(H,28,34). The van der Waals surface area contributed by atoms with Crippen molar-refractivity contribution in [3.8, 4) is 17.2 Å². The Bertz CT molecular complexity index is 1610. The molecule has 4 heterocycles. The van der Waals surface area contributed by atoms with Crippen LogP contribution in [-0.4, -0.2) is 43.5 Å². The van der Waals surface area contributed by atoms with Crippen LogP contribution in [0.4, 0.5) is 0 Å². The highest BCUT2D eigenvalue weighted by Gasteiger charge is 2.19. The van der Waals surface area contributed by atoms with Gasteiger partial charge in [0.1, 0.15) is 18.1 Å². The summed E-state index contributed by atoms with van der Waals surface area (Å²) in [4.78, 5) is 18.2. The van der Waals surface area contributed by atoms with E-state index in [-0.39, 0.29) is 12.4 Å². The number of fused-ring (bicyclic) bond motifs is 2. The largest absolute Gasteiger partial charge is 0.494 e. The van der Waals surface area contributed by atoms with E-state index in [9.17, 15) is 4.79 Å². The molecule has 0 fully saturated rings. The van der Waals surface area contributed by atoms with Crippen LogP contribution in [0.2, 0.25) is 0 Å².